The number of likely N-dealkylation sites (N-methyl/N-ethyl adjacent to an activating group) is 1. The molecule has 0 atom stereocenters. The number of carbonyl (C=O) groups is 2. The molecule has 1 aromatic rings. The van der Waals surface area contributed by atoms with E-state index in [0.29, 0.717) is 18.7 Å². The van der Waals surface area contributed by atoms with Gasteiger partial charge in [0.05, 0.1) is 13.2 Å². The third kappa shape index (κ3) is 4.61. The number of amides is 2. The summed E-state index contributed by atoms with van der Waals surface area (Å²) in [6, 6.07) is 5.75. The van der Waals surface area contributed by atoms with Gasteiger partial charge < -0.3 is 20.1 Å². The van der Waals surface area contributed by atoms with Crippen molar-refractivity contribution >= 4 is 11.8 Å². The van der Waals surface area contributed by atoms with Gasteiger partial charge in [0.15, 0.2) is 11.5 Å². The molecule has 0 bridgehead atoms. The number of hydrogen-bond donors (Lipinski definition) is 1. The van der Waals surface area contributed by atoms with Gasteiger partial charge in [-0.05, 0) is 49.8 Å². The van der Waals surface area contributed by atoms with Crippen LogP contribution in [0.15, 0.2) is 18.2 Å². The molecule has 2 amide bonds. The summed E-state index contributed by atoms with van der Waals surface area (Å²) >= 11 is 0. The fourth-order valence-electron chi connectivity index (χ4n) is 2.74. The normalized spacial score (nSPS) is 14.5. The number of rotatable bonds is 6. The highest BCUT2D eigenvalue weighted by Gasteiger charge is 2.19. The van der Waals surface area contributed by atoms with E-state index in [1.54, 1.807) is 14.2 Å². The molecule has 0 heterocycles. The molecule has 0 radical (unpaired) electrons. The number of hydrogen-bond acceptors (Lipinski definition) is 4. The minimum atomic E-state index is -0.938. The molecule has 0 unspecified atom stereocenters. The summed E-state index contributed by atoms with van der Waals surface area (Å²) in [5, 5.41) is 0. The Morgan fingerprint density at radius 1 is 1.26 bits per heavy atom. The second kappa shape index (κ2) is 7.85. The molecule has 6 heteroatoms. The van der Waals surface area contributed by atoms with Crippen molar-refractivity contribution in [1.82, 2.24) is 4.90 Å². The Balaban J connectivity index is 2.01. The van der Waals surface area contributed by atoms with Crippen LogP contribution in [0.3, 0.4) is 0 Å². The molecule has 126 valence electrons. The summed E-state index contributed by atoms with van der Waals surface area (Å²) in [4.78, 5) is 23.7. The van der Waals surface area contributed by atoms with E-state index < -0.39 is 11.8 Å². The van der Waals surface area contributed by atoms with E-state index in [2.05, 4.69) is 0 Å². The van der Waals surface area contributed by atoms with E-state index in [-0.39, 0.29) is 6.10 Å². The Kier molecular flexibility index (Phi) is 5.84. The lowest BCUT2D eigenvalue weighted by Gasteiger charge is -2.18. The molecule has 2 N–H and O–H groups in total. The Labute approximate surface area is 136 Å². The second-order valence-corrected chi connectivity index (χ2v) is 5.85. The highest BCUT2D eigenvalue weighted by atomic mass is 16.5. The lowest BCUT2D eigenvalue weighted by atomic mass is 10.1. The van der Waals surface area contributed by atoms with Gasteiger partial charge in [0, 0.05) is 13.6 Å². The average Bonchev–Trinajstić information content (AvgIpc) is 3.05. The lowest BCUT2D eigenvalue weighted by molar-refractivity contribution is -0.143. The van der Waals surface area contributed by atoms with Crippen molar-refractivity contribution in [1.29, 1.82) is 0 Å². The van der Waals surface area contributed by atoms with Crippen LogP contribution in [0.4, 0.5) is 0 Å². The van der Waals surface area contributed by atoms with E-state index in [4.69, 9.17) is 15.2 Å². The number of ether oxygens (including phenoxy) is 2. The number of methoxy groups -OCH3 is 1. The summed E-state index contributed by atoms with van der Waals surface area (Å²) in [6.45, 7) is 0.414. The van der Waals surface area contributed by atoms with Crippen LogP contribution in [0.1, 0.15) is 31.2 Å². The zero-order valence-corrected chi connectivity index (χ0v) is 13.7. The third-order valence-electron chi connectivity index (χ3n) is 4.12. The molecular formula is C17H24N2O4. The van der Waals surface area contributed by atoms with Crippen LogP contribution < -0.4 is 15.2 Å². The molecule has 1 fully saturated rings. The first-order valence-electron chi connectivity index (χ1n) is 7.89. The maximum absolute atomic E-state index is 11.5. The van der Waals surface area contributed by atoms with Gasteiger partial charge in [-0.3, -0.25) is 9.59 Å². The Bertz CT molecular complexity index is 568. The van der Waals surface area contributed by atoms with Crippen LogP contribution >= 0.6 is 0 Å². The van der Waals surface area contributed by atoms with E-state index in [9.17, 15) is 9.59 Å². The molecule has 0 saturated heterocycles. The van der Waals surface area contributed by atoms with Crippen LogP contribution in [0.5, 0.6) is 11.5 Å². The molecule has 0 spiro atoms. The Morgan fingerprint density at radius 3 is 2.57 bits per heavy atom. The number of nitrogens with zero attached hydrogens (tertiary/aromatic N) is 1. The van der Waals surface area contributed by atoms with Crippen molar-refractivity contribution in [2.24, 2.45) is 5.73 Å². The van der Waals surface area contributed by atoms with Crippen LogP contribution in [-0.4, -0.2) is 43.5 Å². The first-order chi connectivity index (χ1) is 11.0. The number of primary amides is 1. The van der Waals surface area contributed by atoms with Gasteiger partial charge in [-0.2, -0.15) is 0 Å². The highest BCUT2D eigenvalue weighted by Crippen LogP contribution is 2.32. The molecule has 2 rings (SSSR count). The summed E-state index contributed by atoms with van der Waals surface area (Å²) in [6.07, 6.45) is 5.41. The second-order valence-electron chi connectivity index (χ2n) is 5.85. The van der Waals surface area contributed by atoms with Gasteiger partial charge in [-0.15, -0.1) is 0 Å². The summed E-state index contributed by atoms with van der Waals surface area (Å²) in [7, 11) is 3.18. The largest absolute Gasteiger partial charge is 0.493 e. The van der Waals surface area contributed by atoms with E-state index >= 15 is 0 Å². The summed E-state index contributed by atoms with van der Waals surface area (Å²) < 4.78 is 11.4. The van der Waals surface area contributed by atoms with Gasteiger partial charge in [-0.25, -0.2) is 0 Å². The minimum absolute atomic E-state index is 0.248. The van der Waals surface area contributed by atoms with Gasteiger partial charge in [0.1, 0.15) is 0 Å². The first kappa shape index (κ1) is 17.1. The standard InChI is InChI=1S/C17H24N2O4/c1-19(17(21)16(18)20)10-9-12-7-8-14(22-2)15(11-12)23-13-5-3-4-6-13/h7-8,11,13H,3-6,9-10H2,1-2H3,(H2,18,20). The molecule has 23 heavy (non-hydrogen) atoms. The minimum Gasteiger partial charge on any atom is -0.493 e. The molecule has 6 nitrogen and oxygen atoms in total. The SMILES string of the molecule is COc1ccc(CCN(C)C(=O)C(N)=O)cc1OC1CCCC1. The van der Waals surface area contributed by atoms with Crippen molar-refractivity contribution in [3.05, 3.63) is 23.8 Å². The molecule has 0 aromatic heterocycles. The van der Waals surface area contributed by atoms with E-state index in [1.165, 1.54) is 17.7 Å². The first-order valence-corrected chi connectivity index (χ1v) is 7.89. The predicted octanol–water partition coefficient (Wildman–Crippen LogP) is 1.50. The van der Waals surface area contributed by atoms with Crippen molar-refractivity contribution in [3.63, 3.8) is 0 Å². The van der Waals surface area contributed by atoms with Gasteiger partial charge >= 0.3 is 11.8 Å². The quantitative estimate of drug-likeness (QED) is 0.805. The van der Waals surface area contributed by atoms with Crippen molar-refractivity contribution in [3.8, 4) is 11.5 Å². The van der Waals surface area contributed by atoms with Crippen LogP contribution in [0, 0.1) is 0 Å². The van der Waals surface area contributed by atoms with Gasteiger partial charge in [0.25, 0.3) is 0 Å². The molecule has 0 aliphatic heterocycles. The number of nitrogens with two attached hydrogens (primary N) is 1. The maximum Gasteiger partial charge on any atom is 0.311 e. The molecule has 1 aliphatic rings. The smallest absolute Gasteiger partial charge is 0.311 e. The van der Waals surface area contributed by atoms with Crippen molar-refractivity contribution < 1.29 is 19.1 Å². The summed E-state index contributed by atoms with van der Waals surface area (Å²) in [5.41, 5.74) is 6.01. The monoisotopic (exact) mass is 320 g/mol. The third-order valence-corrected chi connectivity index (χ3v) is 4.12. The van der Waals surface area contributed by atoms with Gasteiger partial charge in [0.2, 0.25) is 0 Å². The summed E-state index contributed by atoms with van der Waals surface area (Å²) in [5.74, 6) is -0.170. The van der Waals surface area contributed by atoms with E-state index in [1.807, 2.05) is 18.2 Å². The molecule has 1 saturated carbocycles. The van der Waals surface area contributed by atoms with Crippen LogP contribution in [0.2, 0.25) is 0 Å². The topological polar surface area (TPSA) is 81.9 Å². The predicted molar refractivity (Wildman–Crippen MR) is 86.4 cm³/mol. The van der Waals surface area contributed by atoms with Crippen LogP contribution in [0.25, 0.3) is 0 Å². The highest BCUT2D eigenvalue weighted by molar-refractivity contribution is 6.34. The lowest BCUT2D eigenvalue weighted by Crippen LogP contribution is -2.38. The van der Waals surface area contributed by atoms with Gasteiger partial charge in [-0.1, -0.05) is 6.07 Å². The Morgan fingerprint density at radius 2 is 1.96 bits per heavy atom. The molecule has 1 aromatic carbocycles. The zero-order chi connectivity index (χ0) is 16.8. The van der Waals surface area contributed by atoms with Crippen LogP contribution in [-0.2, 0) is 16.0 Å². The zero-order valence-electron chi connectivity index (χ0n) is 13.7. The fourth-order valence-corrected chi connectivity index (χ4v) is 2.74. The molecular weight excluding hydrogens is 296 g/mol. The maximum atomic E-state index is 11.5. The van der Waals surface area contributed by atoms with E-state index in [0.717, 1.165) is 24.2 Å². The van der Waals surface area contributed by atoms with Crippen molar-refractivity contribution in [2.75, 3.05) is 20.7 Å². The van der Waals surface area contributed by atoms with Crippen molar-refractivity contribution in [2.45, 2.75) is 38.2 Å². The number of benzene rings is 1. The number of carbonyl (C=O) groups excluding carboxylic acids is 2. The molecule has 1 aliphatic carbocycles. The fraction of sp³-hybridized carbons (Fsp3) is 0.529. The Hall–Kier alpha value is -2.24. The average molecular weight is 320 g/mol.